The molecule has 0 aliphatic rings. The highest BCUT2D eigenvalue weighted by molar-refractivity contribution is 6.42. The number of carbonyl (C=O) groups is 1. The van der Waals surface area contributed by atoms with Gasteiger partial charge in [0.1, 0.15) is 0 Å². The van der Waals surface area contributed by atoms with Crippen LogP contribution in [0.2, 0.25) is 10.0 Å². The lowest BCUT2D eigenvalue weighted by Gasteiger charge is -2.05. The van der Waals surface area contributed by atoms with E-state index in [1.807, 2.05) is 6.07 Å². The first-order chi connectivity index (χ1) is 7.58. The van der Waals surface area contributed by atoms with E-state index in [2.05, 4.69) is 0 Å². The first-order valence-electron chi connectivity index (χ1n) is 4.62. The summed E-state index contributed by atoms with van der Waals surface area (Å²) in [6.07, 6.45) is 0.0215. The van der Waals surface area contributed by atoms with Crippen LogP contribution in [0.4, 0.5) is 0 Å². The summed E-state index contributed by atoms with van der Waals surface area (Å²) < 4.78 is 4.79. The highest BCUT2D eigenvalue weighted by Crippen LogP contribution is 2.26. The molecule has 5 heteroatoms. The van der Waals surface area contributed by atoms with E-state index in [1.54, 1.807) is 6.92 Å². The molecule has 16 heavy (non-hydrogen) atoms. The second-order valence-electron chi connectivity index (χ2n) is 3.02. The van der Waals surface area contributed by atoms with E-state index in [0.717, 1.165) is 0 Å². The Morgan fingerprint density at radius 3 is 2.62 bits per heavy atom. The molecule has 0 atom stereocenters. The van der Waals surface area contributed by atoms with E-state index in [4.69, 9.17) is 33.2 Å². The monoisotopic (exact) mass is 257 g/mol. The molecule has 0 heterocycles. The summed E-state index contributed by atoms with van der Waals surface area (Å²) in [6, 6.07) is 4.92. The summed E-state index contributed by atoms with van der Waals surface area (Å²) in [4.78, 5) is 11.3. The van der Waals surface area contributed by atoms with Gasteiger partial charge in [0.05, 0.1) is 34.7 Å². The van der Waals surface area contributed by atoms with Crippen molar-refractivity contribution in [3.8, 4) is 6.07 Å². The molecule has 0 N–H and O–H groups in total. The van der Waals surface area contributed by atoms with Crippen molar-refractivity contribution in [2.45, 2.75) is 13.3 Å². The van der Waals surface area contributed by atoms with Crippen LogP contribution < -0.4 is 0 Å². The minimum absolute atomic E-state index is 0.0215. The van der Waals surface area contributed by atoms with Gasteiger partial charge in [-0.15, -0.1) is 0 Å². The van der Waals surface area contributed by atoms with Crippen molar-refractivity contribution >= 4 is 29.2 Å². The standard InChI is InChI=1S/C11H9Cl2NO2/c1-2-16-11(15)5-7-3-9(12)10(13)4-8(7)6-14/h3-4H,2,5H2,1H3. The van der Waals surface area contributed by atoms with E-state index in [9.17, 15) is 4.79 Å². The Labute approximate surface area is 104 Å². The third kappa shape index (κ3) is 3.13. The van der Waals surface area contributed by atoms with Gasteiger partial charge in [-0.2, -0.15) is 5.26 Å². The highest BCUT2D eigenvalue weighted by Gasteiger charge is 2.11. The molecule has 0 spiro atoms. The number of halogens is 2. The molecule has 1 aromatic carbocycles. The van der Waals surface area contributed by atoms with Gasteiger partial charge >= 0.3 is 5.97 Å². The summed E-state index contributed by atoms with van der Waals surface area (Å²) >= 11 is 11.6. The number of nitrogens with zero attached hydrogens (tertiary/aromatic N) is 1. The lowest BCUT2D eigenvalue weighted by atomic mass is 10.1. The average Bonchev–Trinajstić information content (AvgIpc) is 2.23. The number of hydrogen-bond donors (Lipinski definition) is 0. The van der Waals surface area contributed by atoms with Gasteiger partial charge < -0.3 is 4.74 Å². The Balaban J connectivity index is 3.00. The molecule has 1 rings (SSSR count). The number of nitriles is 1. The molecule has 0 bridgehead atoms. The zero-order valence-corrected chi connectivity index (χ0v) is 10.1. The molecule has 0 aliphatic heterocycles. The lowest BCUT2D eigenvalue weighted by molar-refractivity contribution is -0.142. The lowest BCUT2D eigenvalue weighted by Crippen LogP contribution is -2.08. The van der Waals surface area contributed by atoms with Crippen molar-refractivity contribution in [1.29, 1.82) is 5.26 Å². The van der Waals surface area contributed by atoms with E-state index < -0.39 is 5.97 Å². The fourth-order valence-corrected chi connectivity index (χ4v) is 1.56. The van der Waals surface area contributed by atoms with Crippen LogP contribution in [0.5, 0.6) is 0 Å². The smallest absolute Gasteiger partial charge is 0.310 e. The minimum atomic E-state index is -0.391. The van der Waals surface area contributed by atoms with Gasteiger partial charge in [-0.05, 0) is 24.6 Å². The van der Waals surface area contributed by atoms with Crippen LogP contribution in [0, 0.1) is 11.3 Å². The van der Waals surface area contributed by atoms with Crippen molar-refractivity contribution in [2.24, 2.45) is 0 Å². The molecule has 0 aromatic heterocycles. The quantitative estimate of drug-likeness (QED) is 0.783. The number of ether oxygens (including phenoxy) is 1. The predicted molar refractivity (Wildman–Crippen MR) is 61.5 cm³/mol. The van der Waals surface area contributed by atoms with Gasteiger partial charge in [0.25, 0.3) is 0 Å². The Hall–Kier alpha value is -1.24. The van der Waals surface area contributed by atoms with Gasteiger partial charge in [-0.3, -0.25) is 4.79 Å². The van der Waals surface area contributed by atoms with Crippen LogP contribution in [0.1, 0.15) is 18.1 Å². The Morgan fingerprint density at radius 2 is 2.06 bits per heavy atom. The van der Waals surface area contributed by atoms with E-state index in [0.29, 0.717) is 27.8 Å². The van der Waals surface area contributed by atoms with Crippen molar-refractivity contribution in [2.75, 3.05) is 6.61 Å². The molecule has 0 aliphatic carbocycles. The predicted octanol–water partition coefficient (Wildman–Crippen LogP) is 2.97. The molecule has 0 radical (unpaired) electrons. The van der Waals surface area contributed by atoms with Crippen LogP contribution in [0.25, 0.3) is 0 Å². The minimum Gasteiger partial charge on any atom is -0.466 e. The SMILES string of the molecule is CCOC(=O)Cc1cc(Cl)c(Cl)cc1C#N. The topological polar surface area (TPSA) is 50.1 Å². The molecule has 0 amide bonds. The first-order valence-corrected chi connectivity index (χ1v) is 5.37. The zero-order chi connectivity index (χ0) is 12.1. The van der Waals surface area contributed by atoms with Gasteiger partial charge in [0, 0.05) is 0 Å². The first kappa shape index (κ1) is 12.8. The van der Waals surface area contributed by atoms with E-state index in [-0.39, 0.29) is 6.42 Å². The Morgan fingerprint density at radius 1 is 1.44 bits per heavy atom. The Bertz CT molecular complexity index is 452. The molecular weight excluding hydrogens is 249 g/mol. The van der Waals surface area contributed by atoms with Crippen LogP contribution >= 0.6 is 23.2 Å². The van der Waals surface area contributed by atoms with Crippen molar-refractivity contribution in [1.82, 2.24) is 0 Å². The second-order valence-corrected chi connectivity index (χ2v) is 3.83. The normalized spacial score (nSPS) is 9.62. The fraction of sp³-hybridized carbons (Fsp3) is 0.273. The number of esters is 1. The highest BCUT2D eigenvalue weighted by atomic mass is 35.5. The number of hydrogen-bond acceptors (Lipinski definition) is 3. The van der Waals surface area contributed by atoms with Crippen molar-refractivity contribution in [3.63, 3.8) is 0 Å². The van der Waals surface area contributed by atoms with Crippen LogP contribution in [-0.2, 0) is 16.0 Å². The summed E-state index contributed by atoms with van der Waals surface area (Å²) in [5.41, 5.74) is 0.859. The maximum Gasteiger partial charge on any atom is 0.310 e. The third-order valence-electron chi connectivity index (χ3n) is 1.91. The number of benzene rings is 1. The number of carbonyl (C=O) groups excluding carboxylic acids is 1. The summed E-state index contributed by atoms with van der Waals surface area (Å²) in [6.45, 7) is 2.03. The molecular formula is C11H9Cl2NO2. The van der Waals surface area contributed by atoms with Gasteiger partial charge in [0.15, 0.2) is 0 Å². The fourth-order valence-electron chi connectivity index (χ4n) is 1.21. The number of rotatable bonds is 3. The van der Waals surface area contributed by atoms with Crippen molar-refractivity contribution in [3.05, 3.63) is 33.3 Å². The van der Waals surface area contributed by atoms with E-state index >= 15 is 0 Å². The van der Waals surface area contributed by atoms with Crippen molar-refractivity contribution < 1.29 is 9.53 Å². The Kier molecular flexibility index (Phi) is 4.60. The van der Waals surface area contributed by atoms with Crippen LogP contribution in [0.15, 0.2) is 12.1 Å². The summed E-state index contributed by atoms with van der Waals surface area (Å²) in [7, 11) is 0. The summed E-state index contributed by atoms with van der Waals surface area (Å²) in [5.74, 6) is -0.391. The third-order valence-corrected chi connectivity index (χ3v) is 2.63. The molecule has 0 unspecified atom stereocenters. The van der Waals surface area contributed by atoms with Gasteiger partial charge in [0.2, 0.25) is 0 Å². The molecule has 3 nitrogen and oxygen atoms in total. The zero-order valence-electron chi connectivity index (χ0n) is 8.59. The second kappa shape index (κ2) is 5.74. The maximum atomic E-state index is 11.3. The molecule has 0 saturated carbocycles. The van der Waals surface area contributed by atoms with Crippen LogP contribution in [-0.4, -0.2) is 12.6 Å². The molecule has 1 aromatic rings. The average molecular weight is 258 g/mol. The van der Waals surface area contributed by atoms with Crippen LogP contribution in [0.3, 0.4) is 0 Å². The molecule has 84 valence electrons. The summed E-state index contributed by atoms with van der Waals surface area (Å²) in [5, 5.41) is 9.49. The van der Waals surface area contributed by atoms with Gasteiger partial charge in [-0.1, -0.05) is 23.2 Å². The maximum absolute atomic E-state index is 11.3. The van der Waals surface area contributed by atoms with Gasteiger partial charge in [-0.25, -0.2) is 0 Å². The molecule has 0 fully saturated rings. The molecule has 0 saturated heterocycles. The largest absolute Gasteiger partial charge is 0.466 e. The van der Waals surface area contributed by atoms with E-state index in [1.165, 1.54) is 12.1 Å².